The van der Waals surface area contributed by atoms with E-state index in [2.05, 4.69) is 72.8 Å². The Labute approximate surface area is 174 Å². The van der Waals surface area contributed by atoms with Crippen LogP contribution in [0.15, 0.2) is 30.5 Å². The summed E-state index contributed by atoms with van der Waals surface area (Å²) in [6, 6.07) is 8.80. The number of fused-ring (bicyclic) bond motifs is 1. The fraction of sp³-hybridized carbons (Fsp3) is 0.435. The van der Waals surface area contributed by atoms with E-state index in [0.717, 1.165) is 36.7 Å². The van der Waals surface area contributed by atoms with Gasteiger partial charge >= 0.3 is 0 Å². The standard InChI is InChI=1S/C23H30N4.ClH/c1-16-9-8-10-17(2)21(16)14-24-22-13-20(26-11-6-5-7-12-26)15-27-19(4)18(3)25-23(22)27;/h8-10,13,15,24H,5-7,11-12,14H2,1-4H3;1H. The molecule has 0 saturated carbocycles. The summed E-state index contributed by atoms with van der Waals surface area (Å²) in [6.45, 7) is 11.7. The SMILES string of the molecule is Cc1cccc(C)c1CNc1cc(N2CCCCC2)cn2c(C)c(C)nc12.Cl. The van der Waals surface area contributed by atoms with Crippen molar-refractivity contribution in [1.82, 2.24) is 9.38 Å². The van der Waals surface area contributed by atoms with E-state index < -0.39 is 0 Å². The number of pyridine rings is 1. The molecule has 1 aliphatic rings. The molecule has 1 aliphatic heterocycles. The first-order chi connectivity index (χ1) is 13.0. The predicted molar refractivity (Wildman–Crippen MR) is 121 cm³/mol. The van der Waals surface area contributed by atoms with Crippen molar-refractivity contribution in [2.75, 3.05) is 23.3 Å². The highest BCUT2D eigenvalue weighted by Crippen LogP contribution is 2.29. The predicted octanol–water partition coefficient (Wildman–Crippen LogP) is 5.59. The van der Waals surface area contributed by atoms with Crippen molar-refractivity contribution in [1.29, 1.82) is 0 Å². The molecular weight excluding hydrogens is 368 g/mol. The maximum absolute atomic E-state index is 4.84. The molecule has 0 atom stereocenters. The number of aromatic nitrogens is 2. The number of aryl methyl sites for hydroxylation is 4. The number of hydrogen-bond acceptors (Lipinski definition) is 3. The fourth-order valence-corrected chi connectivity index (χ4v) is 4.12. The van der Waals surface area contributed by atoms with Gasteiger partial charge in [0.1, 0.15) is 0 Å². The van der Waals surface area contributed by atoms with E-state index >= 15 is 0 Å². The van der Waals surface area contributed by atoms with Gasteiger partial charge in [-0.2, -0.15) is 0 Å². The number of anilines is 2. The second-order valence-corrected chi connectivity index (χ2v) is 7.86. The Balaban J connectivity index is 0.00000225. The zero-order valence-corrected chi connectivity index (χ0v) is 18.2. The minimum absolute atomic E-state index is 0. The summed E-state index contributed by atoms with van der Waals surface area (Å²) in [5.74, 6) is 0. The molecule has 0 amide bonds. The molecule has 1 fully saturated rings. The van der Waals surface area contributed by atoms with Crippen LogP contribution < -0.4 is 10.2 Å². The lowest BCUT2D eigenvalue weighted by Gasteiger charge is -2.29. The quantitative estimate of drug-likeness (QED) is 0.621. The van der Waals surface area contributed by atoms with Gasteiger partial charge < -0.3 is 14.6 Å². The highest BCUT2D eigenvalue weighted by Gasteiger charge is 2.16. The summed E-state index contributed by atoms with van der Waals surface area (Å²) in [4.78, 5) is 7.35. The topological polar surface area (TPSA) is 32.6 Å². The smallest absolute Gasteiger partial charge is 0.160 e. The number of nitrogens with one attached hydrogen (secondary N) is 1. The third-order valence-corrected chi connectivity index (χ3v) is 6.00. The van der Waals surface area contributed by atoms with Gasteiger partial charge in [0.2, 0.25) is 0 Å². The van der Waals surface area contributed by atoms with E-state index in [9.17, 15) is 0 Å². The van der Waals surface area contributed by atoms with E-state index in [-0.39, 0.29) is 12.4 Å². The Bertz CT molecular complexity index is 950. The van der Waals surface area contributed by atoms with Crippen molar-refractivity contribution in [3.8, 4) is 0 Å². The summed E-state index contributed by atoms with van der Waals surface area (Å²) in [5.41, 5.74) is 9.81. The van der Waals surface area contributed by atoms with E-state index in [1.165, 1.54) is 47.3 Å². The van der Waals surface area contributed by atoms with Gasteiger partial charge in [0.15, 0.2) is 5.65 Å². The second-order valence-electron chi connectivity index (χ2n) is 7.86. The van der Waals surface area contributed by atoms with Gasteiger partial charge in [-0.1, -0.05) is 18.2 Å². The minimum Gasteiger partial charge on any atom is -0.378 e. The van der Waals surface area contributed by atoms with Gasteiger partial charge in [-0.25, -0.2) is 4.98 Å². The molecular formula is C23H31ClN4. The molecule has 1 N–H and O–H groups in total. The summed E-state index contributed by atoms with van der Waals surface area (Å²) in [5, 5.41) is 3.70. The van der Waals surface area contributed by atoms with Crippen molar-refractivity contribution in [2.24, 2.45) is 0 Å². The largest absolute Gasteiger partial charge is 0.378 e. The first kappa shape index (κ1) is 20.5. The van der Waals surface area contributed by atoms with Crippen LogP contribution >= 0.6 is 12.4 Å². The van der Waals surface area contributed by atoms with E-state index in [0.29, 0.717) is 0 Å². The number of nitrogens with zero attached hydrogens (tertiary/aromatic N) is 3. The third kappa shape index (κ3) is 3.83. The normalized spacial score (nSPS) is 14.2. The van der Waals surface area contributed by atoms with Gasteiger partial charge in [-0.05, 0) is 69.7 Å². The Hall–Kier alpha value is -2.20. The van der Waals surface area contributed by atoms with Gasteiger partial charge in [0, 0.05) is 31.5 Å². The molecule has 0 spiro atoms. The summed E-state index contributed by atoms with van der Waals surface area (Å²) >= 11 is 0. The van der Waals surface area contributed by atoms with E-state index in [1.807, 2.05) is 0 Å². The number of imidazole rings is 1. The maximum atomic E-state index is 4.84. The highest BCUT2D eigenvalue weighted by atomic mass is 35.5. The van der Waals surface area contributed by atoms with Crippen LogP contribution in [-0.2, 0) is 6.54 Å². The monoisotopic (exact) mass is 398 g/mol. The van der Waals surface area contributed by atoms with Gasteiger partial charge in [-0.15, -0.1) is 12.4 Å². The molecule has 3 heterocycles. The zero-order valence-electron chi connectivity index (χ0n) is 17.4. The molecule has 0 bridgehead atoms. The van der Waals surface area contributed by atoms with Gasteiger partial charge in [0.05, 0.1) is 17.1 Å². The van der Waals surface area contributed by atoms with Crippen LogP contribution in [0, 0.1) is 27.7 Å². The van der Waals surface area contributed by atoms with Crippen LogP contribution in [0.4, 0.5) is 11.4 Å². The van der Waals surface area contributed by atoms with E-state index in [4.69, 9.17) is 4.98 Å². The molecule has 0 radical (unpaired) electrons. The molecule has 150 valence electrons. The summed E-state index contributed by atoms with van der Waals surface area (Å²) < 4.78 is 2.26. The Kier molecular flexibility index (Phi) is 6.19. The maximum Gasteiger partial charge on any atom is 0.160 e. The van der Waals surface area contributed by atoms with Crippen LogP contribution in [-0.4, -0.2) is 22.5 Å². The first-order valence-electron chi connectivity index (χ1n) is 10.1. The van der Waals surface area contributed by atoms with Crippen LogP contribution in [0.3, 0.4) is 0 Å². The number of benzene rings is 1. The lowest BCUT2D eigenvalue weighted by Crippen LogP contribution is -2.29. The Morgan fingerprint density at radius 3 is 2.36 bits per heavy atom. The molecule has 2 aromatic heterocycles. The molecule has 0 unspecified atom stereocenters. The number of hydrogen-bond donors (Lipinski definition) is 1. The van der Waals surface area contributed by atoms with Crippen molar-refractivity contribution < 1.29 is 0 Å². The molecule has 1 saturated heterocycles. The average Bonchev–Trinajstić information content (AvgIpc) is 2.96. The molecule has 0 aliphatic carbocycles. The zero-order chi connectivity index (χ0) is 19.0. The first-order valence-corrected chi connectivity index (χ1v) is 10.1. The van der Waals surface area contributed by atoms with Crippen LogP contribution in [0.5, 0.6) is 0 Å². The number of halogens is 1. The summed E-state index contributed by atoms with van der Waals surface area (Å²) in [7, 11) is 0. The van der Waals surface area contributed by atoms with Crippen LogP contribution in [0.25, 0.3) is 5.65 Å². The molecule has 4 rings (SSSR count). The van der Waals surface area contributed by atoms with Crippen LogP contribution in [0.2, 0.25) is 0 Å². The van der Waals surface area contributed by atoms with E-state index in [1.54, 1.807) is 0 Å². The Morgan fingerprint density at radius 2 is 1.68 bits per heavy atom. The number of piperidine rings is 1. The highest BCUT2D eigenvalue weighted by molar-refractivity contribution is 5.85. The summed E-state index contributed by atoms with van der Waals surface area (Å²) in [6.07, 6.45) is 6.18. The van der Waals surface area contributed by atoms with Crippen molar-refractivity contribution in [3.63, 3.8) is 0 Å². The molecule has 1 aromatic carbocycles. The number of rotatable bonds is 4. The lowest BCUT2D eigenvalue weighted by molar-refractivity contribution is 0.577. The molecule has 5 heteroatoms. The van der Waals surface area contributed by atoms with Crippen molar-refractivity contribution in [3.05, 3.63) is 58.5 Å². The second kappa shape index (κ2) is 8.44. The molecule has 28 heavy (non-hydrogen) atoms. The molecule has 4 nitrogen and oxygen atoms in total. The Morgan fingerprint density at radius 1 is 1.00 bits per heavy atom. The lowest BCUT2D eigenvalue weighted by atomic mass is 10.0. The van der Waals surface area contributed by atoms with Crippen molar-refractivity contribution in [2.45, 2.75) is 53.5 Å². The average molecular weight is 399 g/mol. The van der Waals surface area contributed by atoms with Gasteiger partial charge in [-0.3, -0.25) is 0 Å². The third-order valence-electron chi connectivity index (χ3n) is 6.00. The minimum atomic E-state index is 0. The van der Waals surface area contributed by atoms with Crippen LogP contribution in [0.1, 0.15) is 47.3 Å². The fourth-order valence-electron chi connectivity index (χ4n) is 4.12. The molecule has 3 aromatic rings. The van der Waals surface area contributed by atoms with Crippen molar-refractivity contribution >= 4 is 29.4 Å². The van der Waals surface area contributed by atoms with Gasteiger partial charge in [0.25, 0.3) is 0 Å².